The van der Waals surface area contributed by atoms with Crippen LogP contribution in [0.25, 0.3) is 0 Å². The molecule has 2 N–H and O–H groups in total. The van der Waals surface area contributed by atoms with Crippen molar-refractivity contribution in [3.63, 3.8) is 0 Å². The summed E-state index contributed by atoms with van der Waals surface area (Å²) in [4.78, 5) is 14.4. The number of nitrogens with two attached hydrogens (primary N) is 1. The number of amides is 1. The number of carbonyl (C=O) groups is 1. The van der Waals surface area contributed by atoms with Crippen LogP contribution in [0.5, 0.6) is 0 Å². The van der Waals surface area contributed by atoms with Gasteiger partial charge in [-0.2, -0.15) is 0 Å². The van der Waals surface area contributed by atoms with Gasteiger partial charge < -0.3 is 15.4 Å². The highest BCUT2D eigenvalue weighted by atomic mass is 32.1. The van der Waals surface area contributed by atoms with Crippen LogP contribution in [0.3, 0.4) is 0 Å². The lowest BCUT2D eigenvalue weighted by molar-refractivity contribution is -0.135. The van der Waals surface area contributed by atoms with Gasteiger partial charge in [0.25, 0.3) is 0 Å². The second-order valence-corrected chi connectivity index (χ2v) is 4.75. The second-order valence-electron chi connectivity index (χ2n) is 4.22. The van der Waals surface area contributed by atoms with Gasteiger partial charge in [0, 0.05) is 32.5 Å². The van der Waals surface area contributed by atoms with Crippen molar-refractivity contribution in [3.8, 4) is 0 Å². The molecule has 0 aromatic heterocycles. The van der Waals surface area contributed by atoms with Crippen molar-refractivity contribution in [3.05, 3.63) is 0 Å². The largest absolute Gasteiger partial charge is 0.393 e. The minimum absolute atomic E-state index is 0.0585. The van der Waals surface area contributed by atoms with Crippen LogP contribution < -0.4 is 5.73 Å². The molecule has 0 radical (unpaired) electrons. The van der Waals surface area contributed by atoms with Crippen LogP contribution in [0.2, 0.25) is 0 Å². The summed E-state index contributed by atoms with van der Waals surface area (Å²) in [5.74, 6) is 0.225. The molecule has 0 aliphatic rings. The van der Waals surface area contributed by atoms with Crippen LogP contribution in [0.15, 0.2) is 0 Å². The first-order chi connectivity index (χ1) is 8.02. The van der Waals surface area contributed by atoms with Crippen molar-refractivity contribution in [1.82, 2.24) is 4.90 Å². The first-order valence-electron chi connectivity index (χ1n) is 6.08. The molecule has 17 heavy (non-hydrogen) atoms. The summed E-state index contributed by atoms with van der Waals surface area (Å²) in [6.07, 6.45) is 2.50. The van der Waals surface area contributed by atoms with E-state index in [4.69, 9.17) is 22.7 Å². The van der Waals surface area contributed by atoms with E-state index in [2.05, 4.69) is 6.92 Å². The molecule has 0 fully saturated rings. The third-order valence-electron chi connectivity index (χ3n) is 2.65. The molecule has 0 aromatic rings. The van der Waals surface area contributed by atoms with E-state index in [0.717, 1.165) is 12.8 Å². The molecule has 100 valence electrons. The molecule has 0 rings (SSSR count). The van der Waals surface area contributed by atoms with E-state index in [1.807, 2.05) is 6.92 Å². The highest BCUT2D eigenvalue weighted by molar-refractivity contribution is 7.80. The molecule has 0 saturated carbocycles. The fraction of sp³-hybridized carbons (Fsp3) is 0.833. The molecule has 1 atom stereocenters. The SMILES string of the molecule is CCCC(C)C(=O)N(CCOC)CCC(N)=S. The molecule has 0 spiro atoms. The topological polar surface area (TPSA) is 55.6 Å². The van der Waals surface area contributed by atoms with Crippen LogP contribution in [0.4, 0.5) is 0 Å². The smallest absolute Gasteiger partial charge is 0.225 e. The quantitative estimate of drug-likeness (QED) is 0.639. The number of hydrogen-bond donors (Lipinski definition) is 1. The van der Waals surface area contributed by atoms with E-state index in [0.29, 0.717) is 31.1 Å². The average molecular weight is 260 g/mol. The fourth-order valence-corrected chi connectivity index (χ4v) is 1.74. The minimum Gasteiger partial charge on any atom is -0.393 e. The number of thiocarbonyl (C=S) groups is 1. The summed E-state index contributed by atoms with van der Waals surface area (Å²) in [6, 6.07) is 0. The van der Waals surface area contributed by atoms with Gasteiger partial charge in [-0.15, -0.1) is 0 Å². The van der Waals surface area contributed by atoms with Gasteiger partial charge >= 0.3 is 0 Å². The molecule has 4 nitrogen and oxygen atoms in total. The predicted molar refractivity (Wildman–Crippen MR) is 73.9 cm³/mol. The van der Waals surface area contributed by atoms with E-state index >= 15 is 0 Å². The third kappa shape index (κ3) is 7.28. The lowest BCUT2D eigenvalue weighted by Gasteiger charge is -2.25. The number of hydrogen-bond acceptors (Lipinski definition) is 3. The van der Waals surface area contributed by atoms with Gasteiger partial charge in [-0.1, -0.05) is 32.5 Å². The van der Waals surface area contributed by atoms with Crippen LogP contribution in [-0.2, 0) is 9.53 Å². The van der Waals surface area contributed by atoms with Gasteiger partial charge in [-0.05, 0) is 6.42 Å². The molecular formula is C12H24N2O2S. The zero-order valence-corrected chi connectivity index (χ0v) is 11.9. The van der Waals surface area contributed by atoms with Crippen molar-refractivity contribution >= 4 is 23.1 Å². The fourth-order valence-electron chi connectivity index (χ4n) is 1.65. The molecule has 0 aromatic carbocycles. The van der Waals surface area contributed by atoms with Crippen LogP contribution in [0, 0.1) is 5.92 Å². The summed E-state index contributed by atoms with van der Waals surface area (Å²) < 4.78 is 5.01. The maximum atomic E-state index is 12.1. The highest BCUT2D eigenvalue weighted by Crippen LogP contribution is 2.10. The minimum atomic E-state index is 0.0585. The lowest BCUT2D eigenvalue weighted by Crippen LogP contribution is -2.39. The zero-order chi connectivity index (χ0) is 13.3. The molecule has 0 aliphatic carbocycles. The second kappa shape index (κ2) is 9.36. The Labute approximate surface area is 109 Å². The standard InChI is InChI=1S/C12H24N2O2S/c1-4-5-10(2)12(15)14(8-9-16-3)7-6-11(13)17/h10H,4-9H2,1-3H3,(H2,13,17). The monoisotopic (exact) mass is 260 g/mol. The van der Waals surface area contributed by atoms with Crippen LogP contribution in [-0.4, -0.2) is 42.6 Å². The van der Waals surface area contributed by atoms with Crippen molar-refractivity contribution in [2.45, 2.75) is 33.1 Å². The van der Waals surface area contributed by atoms with E-state index in [-0.39, 0.29) is 11.8 Å². The highest BCUT2D eigenvalue weighted by Gasteiger charge is 2.19. The Morgan fingerprint density at radius 3 is 2.59 bits per heavy atom. The maximum Gasteiger partial charge on any atom is 0.225 e. The summed E-state index contributed by atoms with van der Waals surface area (Å²) in [5, 5.41) is 0. The van der Waals surface area contributed by atoms with Gasteiger partial charge in [-0.25, -0.2) is 0 Å². The molecule has 1 unspecified atom stereocenters. The number of nitrogens with zero attached hydrogens (tertiary/aromatic N) is 1. The molecule has 5 heteroatoms. The summed E-state index contributed by atoms with van der Waals surface area (Å²) in [6.45, 7) is 5.78. The van der Waals surface area contributed by atoms with Crippen molar-refractivity contribution < 1.29 is 9.53 Å². The molecule has 0 bridgehead atoms. The first-order valence-corrected chi connectivity index (χ1v) is 6.49. The van der Waals surface area contributed by atoms with Gasteiger partial charge in [0.2, 0.25) is 5.91 Å². The molecular weight excluding hydrogens is 236 g/mol. The number of rotatable bonds is 9. The van der Waals surface area contributed by atoms with Crippen LogP contribution >= 0.6 is 12.2 Å². The van der Waals surface area contributed by atoms with Crippen LogP contribution in [0.1, 0.15) is 33.1 Å². The Morgan fingerprint density at radius 1 is 1.47 bits per heavy atom. The molecule has 0 aliphatic heterocycles. The Kier molecular flexibility index (Phi) is 8.99. The van der Waals surface area contributed by atoms with Crippen molar-refractivity contribution in [2.24, 2.45) is 11.7 Å². The molecule has 1 amide bonds. The predicted octanol–water partition coefficient (Wildman–Crippen LogP) is 1.57. The summed E-state index contributed by atoms with van der Waals surface area (Å²) in [7, 11) is 1.63. The number of carbonyl (C=O) groups excluding carboxylic acids is 1. The van der Waals surface area contributed by atoms with E-state index in [9.17, 15) is 4.79 Å². The maximum absolute atomic E-state index is 12.1. The molecule has 0 saturated heterocycles. The Morgan fingerprint density at radius 2 is 2.12 bits per heavy atom. The Balaban J connectivity index is 4.32. The normalized spacial score (nSPS) is 12.2. The molecule has 0 heterocycles. The van der Waals surface area contributed by atoms with Gasteiger partial charge in [0.05, 0.1) is 11.6 Å². The Bertz CT molecular complexity index is 247. The van der Waals surface area contributed by atoms with E-state index in [1.54, 1.807) is 12.0 Å². The van der Waals surface area contributed by atoms with Gasteiger partial charge in [0.1, 0.15) is 0 Å². The average Bonchev–Trinajstić information content (AvgIpc) is 2.28. The van der Waals surface area contributed by atoms with Gasteiger partial charge in [0.15, 0.2) is 0 Å². The lowest BCUT2D eigenvalue weighted by atomic mass is 10.0. The first kappa shape index (κ1) is 16.3. The zero-order valence-electron chi connectivity index (χ0n) is 11.1. The number of ether oxygens (including phenoxy) is 1. The van der Waals surface area contributed by atoms with Crippen molar-refractivity contribution in [1.29, 1.82) is 0 Å². The van der Waals surface area contributed by atoms with Gasteiger partial charge in [-0.3, -0.25) is 4.79 Å². The third-order valence-corrected chi connectivity index (χ3v) is 2.85. The number of methoxy groups -OCH3 is 1. The summed E-state index contributed by atoms with van der Waals surface area (Å²) >= 11 is 4.84. The van der Waals surface area contributed by atoms with E-state index in [1.165, 1.54) is 0 Å². The Hall–Kier alpha value is -0.680. The summed E-state index contributed by atoms with van der Waals surface area (Å²) in [5.41, 5.74) is 5.47. The van der Waals surface area contributed by atoms with E-state index < -0.39 is 0 Å². The van der Waals surface area contributed by atoms with Crippen molar-refractivity contribution in [2.75, 3.05) is 26.8 Å².